The van der Waals surface area contributed by atoms with Crippen LogP contribution in [0.15, 0.2) is 66.7 Å². The van der Waals surface area contributed by atoms with Gasteiger partial charge in [-0.15, -0.1) is 11.3 Å². The summed E-state index contributed by atoms with van der Waals surface area (Å²) in [5.41, 5.74) is 1.94. The van der Waals surface area contributed by atoms with Gasteiger partial charge >= 0.3 is 0 Å². The quantitative estimate of drug-likeness (QED) is 0.560. The molecule has 3 rings (SSSR count). The molecule has 1 aromatic heterocycles. The Morgan fingerprint density at radius 3 is 2.45 bits per heavy atom. The predicted molar refractivity (Wildman–Crippen MR) is 118 cm³/mol. The van der Waals surface area contributed by atoms with Crippen LogP contribution in [0.4, 0.5) is 5.69 Å². The van der Waals surface area contributed by atoms with Crippen molar-refractivity contribution in [3.63, 3.8) is 0 Å². The molecule has 3 aromatic rings. The summed E-state index contributed by atoms with van der Waals surface area (Å²) in [6.07, 6.45) is 0. The average molecular weight is 428 g/mol. The highest BCUT2D eigenvalue weighted by Crippen LogP contribution is 2.22. The smallest absolute Gasteiger partial charge is 0.253 e. The first kappa shape index (κ1) is 21.0. The van der Waals surface area contributed by atoms with Crippen LogP contribution in [0.1, 0.15) is 20.8 Å². The van der Waals surface area contributed by atoms with E-state index in [1.54, 1.807) is 24.3 Å². The third-order valence-corrected chi connectivity index (χ3v) is 5.43. The zero-order valence-electron chi connectivity index (χ0n) is 16.0. The highest BCUT2D eigenvalue weighted by atomic mass is 35.5. The van der Waals surface area contributed by atoms with Crippen molar-refractivity contribution in [3.8, 4) is 0 Å². The molecule has 1 heterocycles. The van der Waals surface area contributed by atoms with Gasteiger partial charge in [0, 0.05) is 18.0 Å². The molecule has 5 nitrogen and oxygen atoms in total. The predicted octanol–water partition coefficient (Wildman–Crippen LogP) is 4.40. The Balaban J connectivity index is 1.57. The fraction of sp³-hybridized carbons (Fsp3) is 0.182. The van der Waals surface area contributed by atoms with Gasteiger partial charge in [0.25, 0.3) is 5.91 Å². The maximum absolute atomic E-state index is 12.6. The van der Waals surface area contributed by atoms with E-state index in [1.807, 2.05) is 54.4 Å². The summed E-state index contributed by atoms with van der Waals surface area (Å²) in [4.78, 5) is 28.1. The van der Waals surface area contributed by atoms with Crippen molar-refractivity contribution < 1.29 is 9.59 Å². The number of carbonyl (C=O) groups is 2. The Morgan fingerprint density at radius 1 is 1.00 bits per heavy atom. The molecular formula is C22H22ClN3O2S. The number of halogens is 1. The van der Waals surface area contributed by atoms with Gasteiger partial charge in [0.05, 0.1) is 22.1 Å². The summed E-state index contributed by atoms with van der Waals surface area (Å²) in [5.74, 6) is -0.412. The van der Waals surface area contributed by atoms with Gasteiger partial charge in [0.15, 0.2) is 0 Å². The van der Waals surface area contributed by atoms with Crippen LogP contribution in [0, 0.1) is 0 Å². The van der Waals surface area contributed by atoms with Crippen LogP contribution in [0.2, 0.25) is 4.34 Å². The Morgan fingerprint density at radius 2 is 1.72 bits per heavy atom. The van der Waals surface area contributed by atoms with Crippen molar-refractivity contribution in [1.29, 1.82) is 0 Å². The van der Waals surface area contributed by atoms with Crippen LogP contribution >= 0.6 is 22.9 Å². The maximum Gasteiger partial charge on any atom is 0.253 e. The average Bonchev–Trinajstić information content (AvgIpc) is 3.11. The van der Waals surface area contributed by atoms with Crippen LogP contribution in [0.25, 0.3) is 0 Å². The van der Waals surface area contributed by atoms with Crippen LogP contribution < -0.4 is 10.6 Å². The standard InChI is InChI=1S/C22H22ClN3O2S/c1-26(14-17-11-12-20(23)29-17)15-21(27)25-19-10-6-5-9-18(19)22(28)24-13-16-7-3-2-4-8-16/h2-12H,13-15H2,1H3,(H,24,28)(H,25,27). The molecule has 2 N–H and O–H groups in total. The summed E-state index contributed by atoms with van der Waals surface area (Å²) >= 11 is 7.45. The van der Waals surface area contributed by atoms with Crippen molar-refractivity contribution in [2.24, 2.45) is 0 Å². The molecule has 0 bridgehead atoms. The number of likely N-dealkylation sites (N-methyl/N-ethyl adjacent to an activating group) is 1. The molecule has 2 amide bonds. The monoisotopic (exact) mass is 427 g/mol. The van der Waals surface area contributed by atoms with E-state index in [9.17, 15) is 9.59 Å². The first-order chi connectivity index (χ1) is 14.0. The lowest BCUT2D eigenvalue weighted by atomic mass is 10.1. The van der Waals surface area contributed by atoms with E-state index in [2.05, 4.69) is 10.6 Å². The third-order valence-electron chi connectivity index (χ3n) is 4.21. The highest BCUT2D eigenvalue weighted by Gasteiger charge is 2.14. The minimum atomic E-state index is -0.230. The van der Waals surface area contributed by atoms with Crippen LogP contribution in [-0.2, 0) is 17.9 Å². The molecule has 0 aliphatic heterocycles. The van der Waals surface area contributed by atoms with E-state index in [1.165, 1.54) is 11.3 Å². The number of hydrogen-bond donors (Lipinski definition) is 2. The van der Waals surface area contributed by atoms with Gasteiger partial charge in [-0.1, -0.05) is 54.1 Å². The lowest BCUT2D eigenvalue weighted by Gasteiger charge is -2.16. The van der Waals surface area contributed by atoms with Gasteiger partial charge in [-0.25, -0.2) is 0 Å². The molecule has 0 atom stereocenters. The van der Waals surface area contributed by atoms with Gasteiger partial charge in [-0.2, -0.15) is 0 Å². The van der Waals surface area contributed by atoms with Crippen molar-refractivity contribution in [2.75, 3.05) is 18.9 Å². The molecule has 0 spiro atoms. The third kappa shape index (κ3) is 6.42. The molecular weight excluding hydrogens is 406 g/mol. The highest BCUT2D eigenvalue weighted by molar-refractivity contribution is 7.16. The first-order valence-corrected chi connectivity index (χ1v) is 10.3. The second kappa shape index (κ2) is 10.2. The minimum Gasteiger partial charge on any atom is -0.348 e. The number of amides is 2. The fourth-order valence-electron chi connectivity index (χ4n) is 2.86. The molecule has 7 heteroatoms. The molecule has 0 radical (unpaired) electrons. The molecule has 0 fully saturated rings. The van der Waals surface area contributed by atoms with E-state index < -0.39 is 0 Å². The lowest BCUT2D eigenvalue weighted by Crippen LogP contribution is -2.31. The van der Waals surface area contributed by atoms with Crippen molar-refractivity contribution in [2.45, 2.75) is 13.1 Å². The van der Waals surface area contributed by atoms with E-state index in [4.69, 9.17) is 11.6 Å². The Hall–Kier alpha value is -2.67. The number of thiophene rings is 1. The molecule has 0 aliphatic carbocycles. The number of nitrogens with zero attached hydrogens (tertiary/aromatic N) is 1. The van der Waals surface area contributed by atoms with Crippen LogP contribution in [-0.4, -0.2) is 30.3 Å². The zero-order valence-corrected chi connectivity index (χ0v) is 17.6. The summed E-state index contributed by atoms with van der Waals surface area (Å²) in [7, 11) is 1.87. The number of anilines is 1. The summed E-state index contributed by atoms with van der Waals surface area (Å²) in [5, 5.41) is 5.74. The van der Waals surface area contributed by atoms with E-state index in [-0.39, 0.29) is 18.4 Å². The minimum absolute atomic E-state index is 0.182. The van der Waals surface area contributed by atoms with Gasteiger partial charge in [0.2, 0.25) is 5.91 Å². The SMILES string of the molecule is CN(CC(=O)Nc1ccccc1C(=O)NCc1ccccc1)Cc1ccc(Cl)s1. The van der Waals surface area contributed by atoms with Crippen molar-refractivity contribution in [3.05, 3.63) is 87.1 Å². The number of benzene rings is 2. The number of hydrogen-bond acceptors (Lipinski definition) is 4. The van der Waals surface area contributed by atoms with Crippen LogP contribution in [0.3, 0.4) is 0 Å². The molecule has 0 unspecified atom stereocenters. The first-order valence-electron chi connectivity index (χ1n) is 9.15. The Kier molecular flexibility index (Phi) is 7.41. The zero-order chi connectivity index (χ0) is 20.6. The second-order valence-corrected chi connectivity index (χ2v) is 8.44. The van der Waals surface area contributed by atoms with E-state index >= 15 is 0 Å². The van der Waals surface area contributed by atoms with E-state index in [0.29, 0.717) is 24.3 Å². The summed E-state index contributed by atoms with van der Waals surface area (Å²) < 4.78 is 0.730. The van der Waals surface area contributed by atoms with Gasteiger partial charge in [-0.3, -0.25) is 14.5 Å². The molecule has 150 valence electrons. The second-order valence-electron chi connectivity index (χ2n) is 6.64. The topological polar surface area (TPSA) is 61.4 Å². The van der Waals surface area contributed by atoms with Gasteiger partial charge in [0.1, 0.15) is 0 Å². The van der Waals surface area contributed by atoms with Gasteiger partial charge in [-0.05, 0) is 36.9 Å². The van der Waals surface area contributed by atoms with Gasteiger partial charge < -0.3 is 10.6 Å². The fourth-order valence-corrected chi connectivity index (χ4v) is 4.02. The van der Waals surface area contributed by atoms with Crippen LogP contribution in [0.5, 0.6) is 0 Å². The molecule has 2 aromatic carbocycles. The number of carbonyl (C=O) groups excluding carboxylic acids is 2. The normalized spacial score (nSPS) is 10.7. The number of nitrogens with one attached hydrogen (secondary N) is 2. The largest absolute Gasteiger partial charge is 0.348 e. The molecule has 0 saturated carbocycles. The van der Waals surface area contributed by atoms with E-state index in [0.717, 1.165) is 14.8 Å². The Bertz CT molecular complexity index is 975. The maximum atomic E-state index is 12.6. The number of rotatable bonds is 8. The van der Waals surface area contributed by atoms with Crippen molar-refractivity contribution in [1.82, 2.24) is 10.2 Å². The Labute approximate surface area is 179 Å². The summed E-state index contributed by atoms with van der Waals surface area (Å²) in [6.45, 7) is 1.26. The number of para-hydroxylation sites is 1. The van der Waals surface area contributed by atoms with Crippen molar-refractivity contribution >= 4 is 40.4 Å². The lowest BCUT2D eigenvalue weighted by molar-refractivity contribution is -0.117. The summed E-state index contributed by atoms with van der Waals surface area (Å²) in [6, 6.07) is 20.5. The molecule has 29 heavy (non-hydrogen) atoms. The molecule has 0 saturated heterocycles. The molecule has 0 aliphatic rings.